The smallest absolute Gasteiger partial charge is 0.257 e. The monoisotopic (exact) mass is 475 g/mol. The third-order valence-electron chi connectivity index (χ3n) is 7.31. The summed E-state index contributed by atoms with van der Waals surface area (Å²) in [7, 11) is 1.87. The maximum Gasteiger partial charge on any atom is 0.257 e. The lowest BCUT2D eigenvalue weighted by Crippen LogP contribution is -2.48. The molecule has 2 fully saturated rings. The van der Waals surface area contributed by atoms with Crippen molar-refractivity contribution in [2.75, 3.05) is 23.3 Å². The Bertz CT molecular complexity index is 1410. The van der Waals surface area contributed by atoms with Crippen molar-refractivity contribution >= 4 is 33.8 Å². The van der Waals surface area contributed by atoms with Gasteiger partial charge in [0.25, 0.3) is 5.91 Å². The second-order valence-corrected chi connectivity index (χ2v) is 9.90. The number of aromatic nitrogens is 4. The van der Waals surface area contributed by atoms with E-state index in [-0.39, 0.29) is 11.6 Å². The standard InChI is InChI=1S/C26H30FN7O/c1-16-13-34-14-19(12-22(27)25(34)28-16)30-26(35)20-6-7-23(21-15-32(2)31-24(20)21)33-10-8-18(9-11-33)29-17-4-3-5-17/h6-7,12-15,17-18,29H,3-5,8-11H2,1-2H3,(H,30,35). The van der Waals surface area contributed by atoms with Crippen LogP contribution in [0.25, 0.3) is 16.6 Å². The zero-order valence-electron chi connectivity index (χ0n) is 20.1. The van der Waals surface area contributed by atoms with E-state index in [1.54, 1.807) is 28.4 Å². The average molecular weight is 476 g/mol. The van der Waals surface area contributed by atoms with Crippen molar-refractivity contribution in [1.82, 2.24) is 24.5 Å². The number of imidazole rings is 1. The Morgan fingerprint density at radius 3 is 2.60 bits per heavy atom. The van der Waals surface area contributed by atoms with Gasteiger partial charge in [0.05, 0.1) is 16.9 Å². The molecule has 0 unspecified atom stereocenters. The molecule has 1 aliphatic heterocycles. The summed E-state index contributed by atoms with van der Waals surface area (Å²) >= 11 is 0. The molecule has 1 saturated carbocycles. The minimum absolute atomic E-state index is 0.239. The number of piperidine rings is 1. The van der Waals surface area contributed by atoms with Crippen LogP contribution in [-0.2, 0) is 7.05 Å². The molecule has 1 saturated heterocycles. The minimum atomic E-state index is -0.482. The second-order valence-electron chi connectivity index (χ2n) is 9.90. The Morgan fingerprint density at radius 1 is 1.09 bits per heavy atom. The van der Waals surface area contributed by atoms with Gasteiger partial charge in [0.1, 0.15) is 5.52 Å². The van der Waals surface area contributed by atoms with Gasteiger partial charge in [-0.1, -0.05) is 6.42 Å². The van der Waals surface area contributed by atoms with Gasteiger partial charge in [-0.25, -0.2) is 9.37 Å². The van der Waals surface area contributed by atoms with Crippen LogP contribution in [0.15, 0.2) is 36.8 Å². The van der Waals surface area contributed by atoms with E-state index in [1.807, 2.05) is 25.4 Å². The number of amides is 1. The predicted octanol–water partition coefficient (Wildman–Crippen LogP) is 4.03. The second kappa shape index (κ2) is 8.64. The van der Waals surface area contributed by atoms with E-state index < -0.39 is 5.82 Å². The number of hydrogen-bond donors (Lipinski definition) is 2. The summed E-state index contributed by atoms with van der Waals surface area (Å²) in [4.78, 5) is 19.8. The fourth-order valence-electron chi connectivity index (χ4n) is 5.31. The molecule has 0 spiro atoms. The third-order valence-corrected chi connectivity index (χ3v) is 7.31. The molecule has 1 aliphatic carbocycles. The Labute approximate surface area is 203 Å². The number of carbonyl (C=O) groups is 1. The zero-order chi connectivity index (χ0) is 24.1. The molecule has 0 atom stereocenters. The van der Waals surface area contributed by atoms with Crippen LogP contribution < -0.4 is 15.5 Å². The molecule has 2 N–H and O–H groups in total. The maximum absolute atomic E-state index is 14.5. The number of nitrogens with one attached hydrogen (secondary N) is 2. The SMILES string of the molecule is Cc1cn2cc(NC(=O)c3ccc(N4CCC(NC5CCC5)CC4)c4cn(C)nc34)cc(F)c2n1. The molecule has 1 aromatic carbocycles. The van der Waals surface area contributed by atoms with Crippen LogP contribution in [0.3, 0.4) is 0 Å². The van der Waals surface area contributed by atoms with Gasteiger partial charge in [0.2, 0.25) is 0 Å². The van der Waals surface area contributed by atoms with Crippen LogP contribution >= 0.6 is 0 Å². The number of hydrogen-bond acceptors (Lipinski definition) is 5. The molecule has 9 heteroatoms. The van der Waals surface area contributed by atoms with E-state index in [0.29, 0.717) is 34.5 Å². The van der Waals surface area contributed by atoms with Crippen LogP contribution in [0, 0.1) is 12.7 Å². The molecule has 0 radical (unpaired) electrons. The normalized spacial score (nSPS) is 17.3. The summed E-state index contributed by atoms with van der Waals surface area (Å²) in [6.07, 6.45) is 11.6. The predicted molar refractivity (Wildman–Crippen MR) is 135 cm³/mol. The number of pyridine rings is 1. The third kappa shape index (κ3) is 4.14. The summed E-state index contributed by atoms with van der Waals surface area (Å²) < 4.78 is 17.8. The van der Waals surface area contributed by atoms with Crippen molar-refractivity contribution in [2.24, 2.45) is 7.05 Å². The van der Waals surface area contributed by atoms with Crippen LogP contribution in [0.2, 0.25) is 0 Å². The molecule has 0 bridgehead atoms. The number of aryl methyl sites for hydroxylation is 2. The first-order chi connectivity index (χ1) is 16.9. The largest absolute Gasteiger partial charge is 0.371 e. The van der Waals surface area contributed by atoms with E-state index in [0.717, 1.165) is 37.0 Å². The zero-order valence-corrected chi connectivity index (χ0v) is 20.1. The highest BCUT2D eigenvalue weighted by Gasteiger charge is 2.26. The first-order valence-electron chi connectivity index (χ1n) is 12.4. The molecule has 4 aromatic rings. The summed E-state index contributed by atoms with van der Waals surface area (Å²) in [6, 6.07) is 6.44. The molecule has 1 amide bonds. The van der Waals surface area contributed by atoms with Gasteiger partial charge < -0.3 is 19.9 Å². The Kier molecular flexibility index (Phi) is 5.44. The van der Waals surface area contributed by atoms with E-state index in [9.17, 15) is 9.18 Å². The van der Waals surface area contributed by atoms with Gasteiger partial charge in [-0.05, 0) is 44.7 Å². The number of anilines is 2. The van der Waals surface area contributed by atoms with Gasteiger partial charge in [-0.3, -0.25) is 9.48 Å². The highest BCUT2D eigenvalue weighted by molar-refractivity contribution is 6.13. The maximum atomic E-state index is 14.5. The van der Waals surface area contributed by atoms with Gasteiger partial charge in [-0.2, -0.15) is 5.10 Å². The van der Waals surface area contributed by atoms with Gasteiger partial charge in [0.15, 0.2) is 11.5 Å². The number of carbonyl (C=O) groups excluding carboxylic acids is 1. The van der Waals surface area contributed by atoms with E-state index in [2.05, 4.69) is 25.6 Å². The lowest BCUT2D eigenvalue weighted by Gasteiger charge is -2.38. The van der Waals surface area contributed by atoms with E-state index in [1.165, 1.54) is 25.3 Å². The van der Waals surface area contributed by atoms with Crippen molar-refractivity contribution in [3.05, 3.63) is 53.9 Å². The molecular weight excluding hydrogens is 445 g/mol. The highest BCUT2D eigenvalue weighted by Crippen LogP contribution is 2.32. The summed E-state index contributed by atoms with van der Waals surface area (Å²) in [5.41, 5.74) is 3.54. The number of nitrogens with zero attached hydrogens (tertiary/aromatic N) is 5. The molecule has 2 aliphatic rings. The number of halogens is 1. The number of benzene rings is 1. The lowest BCUT2D eigenvalue weighted by molar-refractivity contribution is 0.102. The molecule has 35 heavy (non-hydrogen) atoms. The molecule has 3 aromatic heterocycles. The van der Waals surface area contributed by atoms with Crippen molar-refractivity contribution in [2.45, 2.75) is 51.1 Å². The lowest BCUT2D eigenvalue weighted by atomic mass is 9.91. The van der Waals surface area contributed by atoms with Gasteiger partial charge in [-0.15, -0.1) is 0 Å². The van der Waals surface area contributed by atoms with Crippen molar-refractivity contribution < 1.29 is 9.18 Å². The number of fused-ring (bicyclic) bond motifs is 2. The average Bonchev–Trinajstić information content (AvgIpc) is 3.37. The number of rotatable bonds is 5. The fraction of sp³-hybridized carbons (Fsp3) is 0.423. The summed E-state index contributed by atoms with van der Waals surface area (Å²) in [5.74, 6) is -0.802. The van der Waals surface area contributed by atoms with Crippen molar-refractivity contribution in [3.63, 3.8) is 0 Å². The van der Waals surface area contributed by atoms with Crippen molar-refractivity contribution in [1.29, 1.82) is 0 Å². The fourth-order valence-corrected chi connectivity index (χ4v) is 5.31. The van der Waals surface area contributed by atoms with Gasteiger partial charge >= 0.3 is 0 Å². The Hall–Kier alpha value is -3.46. The highest BCUT2D eigenvalue weighted by atomic mass is 19.1. The molecule has 4 heterocycles. The first kappa shape index (κ1) is 22.0. The molecule has 6 rings (SSSR count). The summed E-state index contributed by atoms with van der Waals surface area (Å²) in [5, 5.41) is 12.2. The molecule has 182 valence electrons. The van der Waals surface area contributed by atoms with Gasteiger partial charge in [0, 0.05) is 68.0 Å². The first-order valence-corrected chi connectivity index (χ1v) is 12.4. The van der Waals surface area contributed by atoms with Crippen LogP contribution in [0.4, 0.5) is 15.8 Å². The van der Waals surface area contributed by atoms with Crippen LogP contribution in [-0.4, -0.2) is 50.2 Å². The quantitative estimate of drug-likeness (QED) is 0.456. The van der Waals surface area contributed by atoms with E-state index in [4.69, 9.17) is 0 Å². The topological polar surface area (TPSA) is 79.5 Å². The van der Waals surface area contributed by atoms with E-state index >= 15 is 0 Å². The summed E-state index contributed by atoms with van der Waals surface area (Å²) in [6.45, 7) is 3.75. The molecular formula is C26H30FN7O. The molecule has 8 nitrogen and oxygen atoms in total. The van der Waals surface area contributed by atoms with Crippen molar-refractivity contribution in [3.8, 4) is 0 Å². The Balaban J connectivity index is 1.24. The minimum Gasteiger partial charge on any atom is -0.371 e. The van der Waals surface area contributed by atoms with Crippen LogP contribution in [0.1, 0.15) is 48.2 Å². The van der Waals surface area contributed by atoms with Crippen LogP contribution in [0.5, 0.6) is 0 Å². The Morgan fingerprint density at radius 2 is 1.86 bits per heavy atom.